The van der Waals surface area contributed by atoms with Gasteiger partial charge >= 0.3 is 11.9 Å². The number of benzene rings is 3. The molecule has 0 saturated carbocycles. The molecule has 1 unspecified atom stereocenters. The van der Waals surface area contributed by atoms with Crippen molar-refractivity contribution < 1.29 is 28.6 Å². The second-order valence-corrected chi connectivity index (χ2v) is 8.53. The molecule has 0 radical (unpaired) electrons. The highest BCUT2D eigenvalue weighted by Crippen LogP contribution is 2.27. The first kappa shape index (κ1) is 21.1. The molecule has 0 fully saturated rings. The lowest BCUT2D eigenvalue weighted by Crippen LogP contribution is -2.25. The lowest BCUT2D eigenvalue weighted by Gasteiger charge is -2.23. The van der Waals surface area contributed by atoms with Crippen LogP contribution in [-0.2, 0) is 19.3 Å². The minimum Gasteiger partial charge on any atom is -0.478 e. The Morgan fingerprint density at radius 1 is 0.939 bits per heavy atom. The minimum absolute atomic E-state index is 0.00907. The molecular formula is C27H20F2O4. The molecule has 0 saturated heterocycles. The van der Waals surface area contributed by atoms with Gasteiger partial charge < -0.3 is 10.2 Å². The Hall–Kier alpha value is -3.80. The van der Waals surface area contributed by atoms with Crippen LogP contribution in [0.15, 0.2) is 42.5 Å². The molecule has 0 spiro atoms. The van der Waals surface area contributed by atoms with Crippen LogP contribution in [0.2, 0.25) is 0 Å². The van der Waals surface area contributed by atoms with Gasteiger partial charge in [0.25, 0.3) is 0 Å². The van der Waals surface area contributed by atoms with E-state index < -0.39 is 23.6 Å². The van der Waals surface area contributed by atoms with Crippen LogP contribution in [0.5, 0.6) is 0 Å². The molecule has 0 aliphatic heterocycles. The van der Waals surface area contributed by atoms with Gasteiger partial charge in [0.1, 0.15) is 11.6 Å². The second-order valence-electron chi connectivity index (χ2n) is 8.53. The summed E-state index contributed by atoms with van der Waals surface area (Å²) in [6, 6.07) is 10.4. The van der Waals surface area contributed by atoms with Crippen molar-refractivity contribution in [2.75, 3.05) is 0 Å². The Bertz CT molecular complexity index is 1520. The maximum Gasteiger partial charge on any atom is 0.335 e. The van der Waals surface area contributed by atoms with E-state index in [-0.39, 0.29) is 17.0 Å². The number of carbonyl (C=O) groups is 2. The summed E-state index contributed by atoms with van der Waals surface area (Å²) in [5.74, 6) is -3.49. The maximum absolute atomic E-state index is 14.2. The predicted octanol–water partition coefficient (Wildman–Crippen LogP) is 3.57. The first-order chi connectivity index (χ1) is 15.8. The number of halogens is 2. The highest BCUT2D eigenvalue weighted by atomic mass is 19.1. The van der Waals surface area contributed by atoms with Crippen LogP contribution in [0, 0.1) is 28.0 Å². The summed E-state index contributed by atoms with van der Waals surface area (Å²) < 4.78 is 28.1. The van der Waals surface area contributed by atoms with E-state index in [9.17, 15) is 28.6 Å². The quantitative estimate of drug-likeness (QED) is 0.643. The Labute approximate surface area is 187 Å². The van der Waals surface area contributed by atoms with Crippen LogP contribution in [-0.4, -0.2) is 22.2 Å². The average molecular weight is 446 g/mol. The largest absolute Gasteiger partial charge is 0.478 e. The molecule has 5 rings (SSSR count). The molecule has 0 amide bonds. The Morgan fingerprint density at radius 2 is 1.67 bits per heavy atom. The van der Waals surface area contributed by atoms with Crippen LogP contribution >= 0.6 is 0 Å². The highest BCUT2D eigenvalue weighted by molar-refractivity contribution is 5.96. The number of fused-ring (bicyclic) bond motifs is 4. The minimum atomic E-state index is -1.15. The van der Waals surface area contributed by atoms with E-state index in [1.54, 1.807) is 6.08 Å². The van der Waals surface area contributed by atoms with Gasteiger partial charge in [0.15, 0.2) is 0 Å². The van der Waals surface area contributed by atoms with E-state index in [1.807, 2.05) is 12.1 Å². The van der Waals surface area contributed by atoms with Gasteiger partial charge in [0.05, 0.1) is 11.1 Å². The normalized spacial score (nSPS) is 16.0. The van der Waals surface area contributed by atoms with E-state index in [0.717, 1.165) is 40.5 Å². The summed E-state index contributed by atoms with van der Waals surface area (Å²) >= 11 is 0. The molecular weight excluding hydrogens is 426 g/mol. The molecule has 4 nitrogen and oxygen atoms in total. The first-order valence-corrected chi connectivity index (χ1v) is 10.7. The average Bonchev–Trinajstić information content (AvgIpc) is 2.78. The van der Waals surface area contributed by atoms with E-state index in [0.29, 0.717) is 28.8 Å². The lowest BCUT2D eigenvalue weighted by molar-refractivity contribution is 0.0695. The topological polar surface area (TPSA) is 74.6 Å². The molecule has 3 aromatic carbocycles. The van der Waals surface area contributed by atoms with Crippen molar-refractivity contribution in [1.29, 1.82) is 0 Å². The standard InChI is InChI=1S/C27H20F2O4/c28-16-12-24-19-7-5-15-10-14(4-6-17(15)18(19)8-9-20(24)25(29)13-16)11-23-21(26(30)31)2-1-3-22(23)27(32)33/h1-3,5,7,9-10,12-14H,4,6,8,11H2,(H,30,31)(H,32,33). The number of carboxylic acid groups (broad SMARTS) is 2. The molecule has 1 atom stereocenters. The predicted molar refractivity (Wildman–Crippen MR) is 118 cm³/mol. The zero-order chi connectivity index (χ0) is 23.3. The number of rotatable bonds is 4. The van der Waals surface area contributed by atoms with Crippen molar-refractivity contribution in [1.82, 2.24) is 0 Å². The maximum atomic E-state index is 14.2. The number of aromatic carboxylic acids is 2. The molecule has 2 N–H and O–H groups in total. The van der Waals surface area contributed by atoms with Crippen molar-refractivity contribution in [2.45, 2.75) is 25.7 Å². The molecule has 0 heterocycles. The van der Waals surface area contributed by atoms with E-state index in [1.165, 1.54) is 24.3 Å². The van der Waals surface area contributed by atoms with Gasteiger partial charge in [0.2, 0.25) is 0 Å². The molecule has 33 heavy (non-hydrogen) atoms. The van der Waals surface area contributed by atoms with Crippen molar-refractivity contribution in [2.24, 2.45) is 5.92 Å². The van der Waals surface area contributed by atoms with Crippen molar-refractivity contribution in [3.05, 3.63) is 103 Å². The van der Waals surface area contributed by atoms with Crippen molar-refractivity contribution >= 4 is 24.1 Å². The Balaban J connectivity index is 1.62. The summed E-state index contributed by atoms with van der Waals surface area (Å²) in [5.41, 5.74) is 2.52. The van der Waals surface area contributed by atoms with Crippen molar-refractivity contribution in [3.8, 4) is 0 Å². The lowest BCUT2D eigenvalue weighted by atomic mass is 9.81. The van der Waals surface area contributed by atoms with Crippen molar-refractivity contribution in [3.63, 3.8) is 0 Å². The fraction of sp³-hybridized carbons (Fsp3) is 0.185. The van der Waals surface area contributed by atoms with Gasteiger partial charge in [-0.05, 0) is 82.1 Å². The number of carboxylic acids is 2. The highest BCUT2D eigenvalue weighted by Gasteiger charge is 2.23. The summed E-state index contributed by atoms with van der Waals surface area (Å²) in [6.45, 7) is 0. The van der Waals surface area contributed by atoms with E-state index in [4.69, 9.17) is 0 Å². The van der Waals surface area contributed by atoms with Gasteiger partial charge in [-0.1, -0.05) is 30.4 Å². The molecule has 6 heteroatoms. The zero-order valence-corrected chi connectivity index (χ0v) is 17.6. The zero-order valence-electron chi connectivity index (χ0n) is 17.6. The third kappa shape index (κ3) is 3.61. The van der Waals surface area contributed by atoms with E-state index >= 15 is 0 Å². The van der Waals surface area contributed by atoms with Gasteiger partial charge in [-0.3, -0.25) is 0 Å². The molecule has 2 aliphatic rings. The molecule has 2 aliphatic carbocycles. The molecule has 166 valence electrons. The van der Waals surface area contributed by atoms with Crippen LogP contribution in [0.4, 0.5) is 8.78 Å². The summed E-state index contributed by atoms with van der Waals surface area (Å²) in [4.78, 5) is 23.4. The monoisotopic (exact) mass is 446 g/mol. The Kier molecular flexibility index (Phi) is 5.08. The van der Waals surface area contributed by atoms with Crippen LogP contribution in [0.25, 0.3) is 12.2 Å². The molecule has 0 bridgehead atoms. The fourth-order valence-corrected chi connectivity index (χ4v) is 5.16. The van der Waals surface area contributed by atoms with Crippen LogP contribution < -0.4 is 10.4 Å². The van der Waals surface area contributed by atoms with Gasteiger partial charge in [-0.2, -0.15) is 0 Å². The smallest absolute Gasteiger partial charge is 0.335 e. The Morgan fingerprint density at radius 3 is 2.36 bits per heavy atom. The first-order valence-electron chi connectivity index (χ1n) is 10.7. The fourth-order valence-electron chi connectivity index (χ4n) is 5.16. The number of hydrogen-bond acceptors (Lipinski definition) is 2. The van der Waals surface area contributed by atoms with Gasteiger partial charge in [0, 0.05) is 11.3 Å². The third-order valence-electron chi connectivity index (χ3n) is 6.65. The van der Waals surface area contributed by atoms with E-state index in [2.05, 4.69) is 6.08 Å². The van der Waals surface area contributed by atoms with Gasteiger partial charge in [-0.25, -0.2) is 18.4 Å². The second kappa shape index (κ2) is 7.96. The molecule has 0 aromatic heterocycles. The summed E-state index contributed by atoms with van der Waals surface area (Å²) in [5, 5.41) is 21.9. The third-order valence-corrected chi connectivity index (χ3v) is 6.65. The summed E-state index contributed by atoms with van der Waals surface area (Å²) in [7, 11) is 0. The SMILES string of the molecule is O=C(O)c1cccc(C(=O)O)c1CC1C=c2ccc3c(c2CC1)CC=c1c(F)cc(F)cc1=3. The van der Waals surface area contributed by atoms with Gasteiger partial charge in [-0.15, -0.1) is 0 Å². The van der Waals surface area contributed by atoms with Crippen LogP contribution in [0.1, 0.15) is 43.8 Å². The number of hydrogen-bond donors (Lipinski definition) is 2. The molecule has 3 aromatic rings. The summed E-state index contributed by atoms with van der Waals surface area (Å²) in [6.07, 6.45) is 6.16. The van der Waals surface area contributed by atoms with Crippen LogP contribution in [0.3, 0.4) is 0 Å².